The fourth-order valence-corrected chi connectivity index (χ4v) is 8.90. The molecule has 1 fully saturated rings. The van der Waals surface area contributed by atoms with Gasteiger partial charge in [0.15, 0.2) is 12.4 Å². The lowest BCUT2D eigenvalue weighted by atomic mass is 10.00. The summed E-state index contributed by atoms with van der Waals surface area (Å²) in [5, 5.41) is 30.9. The van der Waals surface area contributed by atoms with E-state index in [4.69, 9.17) is 18.9 Å². The minimum Gasteiger partial charge on any atom is -0.462 e. The first kappa shape index (κ1) is 58.7. The number of hydrogen-bond donors (Lipinski definition) is 4. The Morgan fingerprint density at radius 2 is 0.823 bits per heavy atom. The van der Waals surface area contributed by atoms with Gasteiger partial charge < -0.3 is 34.3 Å². The fourth-order valence-electron chi connectivity index (χ4n) is 8.21. The summed E-state index contributed by atoms with van der Waals surface area (Å²) in [6.45, 7) is 3.81. The molecule has 1 saturated heterocycles. The van der Waals surface area contributed by atoms with Gasteiger partial charge in [0, 0.05) is 12.8 Å². The number of aliphatic hydroxyl groups excluding tert-OH is 3. The molecule has 1 rings (SSSR count). The number of ether oxygens (including phenoxy) is 4. The molecule has 1 aliphatic heterocycles. The van der Waals surface area contributed by atoms with Crippen LogP contribution < -0.4 is 0 Å². The maximum Gasteiger partial charge on any atom is 0.306 e. The lowest BCUT2D eigenvalue weighted by Crippen LogP contribution is -2.60. The lowest BCUT2D eigenvalue weighted by Gasteiger charge is -2.40. The zero-order valence-corrected chi connectivity index (χ0v) is 40.3. The van der Waals surface area contributed by atoms with Gasteiger partial charge >= 0.3 is 11.9 Å². The number of esters is 2. The molecule has 0 spiro atoms. The first-order valence-electron chi connectivity index (χ1n) is 25.6. The average molecular weight is 907 g/mol. The summed E-state index contributed by atoms with van der Waals surface area (Å²) in [7, 11) is -4.60. The van der Waals surface area contributed by atoms with Gasteiger partial charge in [-0.05, 0) is 12.8 Å². The molecule has 0 aromatic carbocycles. The molecule has 0 aliphatic carbocycles. The van der Waals surface area contributed by atoms with Crippen LogP contribution in [0.3, 0.4) is 0 Å². The number of unbranched alkanes of at least 4 members (excludes halogenated alkanes) is 32. The summed E-state index contributed by atoms with van der Waals surface area (Å²) in [4.78, 5) is 25.5. The van der Waals surface area contributed by atoms with Gasteiger partial charge in [-0.1, -0.05) is 219 Å². The standard InChI is InChI=1S/C49H94O12S/c1-3-5-7-9-11-13-15-17-19-20-21-22-24-25-27-29-31-33-35-37-44(50)58-39-42(40-59-49-48(54)47(53)46(52)43(61-49)41-62(55,56)57)60-45(51)38-36-34-32-30-28-26-23-18-16-14-12-10-8-6-4-2/h42-43,46-49,52-54H,3-41H2,1-2H3,(H,55,56,57)/t42-,43-,46-,47?,48?,49+/m1/s1. The van der Waals surface area contributed by atoms with Crippen LogP contribution in [0.5, 0.6) is 0 Å². The Morgan fingerprint density at radius 3 is 1.18 bits per heavy atom. The van der Waals surface area contributed by atoms with E-state index in [-0.39, 0.29) is 19.4 Å². The number of rotatable bonds is 44. The third kappa shape index (κ3) is 34.1. The van der Waals surface area contributed by atoms with Gasteiger partial charge in [-0.15, -0.1) is 0 Å². The van der Waals surface area contributed by atoms with E-state index < -0.39 is 71.2 Å². The minimum atomic E-state index is -4.60. The van der Waals surface area contributed by atoms with Gasteiger partial charge in [0.1, 0.15) is 36.8 Å². The van der Waals surface area contributed by atoms with Gasteiger partial charge in [-0.3, -0.25) is 14.1 Å². The largest absolute Gasteiger partial charge is 0.462 e. The van der Waals surface area contributed by atoms with Crippen LogP contribution in [0.4, 0.5) is 0 Å². The molecule has 1 aliphatic rings. The molecule has 0 amide bonds. The highest BCUT2D eigenvalue weighted by atomic mass is 32.2. The highest BCUT2D eigenvalue weighted by Crippen LogP contribution is 2.24. The molecule has 12 nitrogen and oxygen atoms in total. The van der Waals surface area contributed by atoms with Crippen LogP contribution in [-0.4, -0.2) is 96.0 Å². The quantitative estimate of drug-likeness (QED) is 0.0258. The molecular formula is C49H94O12S. The second kappa shape index (κ2) is 40.0. The van der Waals surface area contributed by atoms with Crippen LogP contribution >= 0.6 is 0 Å². The first-order chi connectivity index (χ1) is 30.0. The summed E-state index contributed by atoms with van der Waals surface area (Å²) < 4.78 is 54.2. The lowest BCUT2D eigenvalue weighted by molar-refractivity contribution is -0.297. The van der Waals surface area contributed by atoms with Crippen molar-refractivity contribution in [3.63, 3.8) is 0 Å². The Labute approximate surface area is 378 Å². The van der Waals surface area contributed by atoms with Crippen LogP contribution in [0.15, 0.2) is 0 Å². The summed E-state index contributed by atoms with van der Waals surface area (Å²) in [5.41, 5.74) is 0. The van der Waals surface area contributed by atoms with E-state index in [1.54, 1.807) is 0 Å². The van der Waals surface area contributed by atoms with Crippen molar-refractivity contribution in [3.05, 3.63) is 0 Å². The van der Waals surface area contributed by atoms with E-state index in [2.05, 4.69) is 13.8 Å². The summed E-state index contributed by atoms with van der Waals surface area (Å²) in [5.74, 6) is -1.96. The minimum absolute atomic E-state index is 0.173. The zero-order valence-electron chi connectivity index (χ0n) is 39.5. The third-order valence-electron chi connectivity index (χ3n) is 12.2. The van der Waals surface area contributed by atoms with Crippen molar-refractivity contribution in [2.45, 2.75) is 282 Å². The Hall–Kier alpha value is -1.35. The third-order valence-corrected chi connectivity index (χ3v) is 12.9. The second-order valence-electron chi connectivity index (χ2n) is 18.2. The van der Waals surface area contributed by atoms with Crippen LogP contribution in [0.25, 0.3) is 0 Å². The fraction of sp³-hybridized carbons (Fsp3) is 0.959. The van der Waals surface area contributed by atoms with E-state index in [1.165, 1.54) is 167 Å². The van der Waals surface area contributed by atoms with Crippen LogP contribution in [0.2, 0.25) is 0 Å². The van der Waals surface area contributed by atoms with E-state index in [0.717, 1.165) is 38.5 Å². The molecule has 4 N–H and O–H groups in total. The Bertz CT molecular complexity index is 1150. The molecule has 0 bridgehead atoms. The molecule has 368 valence electrons. The van der Waals surface area contributed by atoms with E-state index in [0.29, 0.717) is 12.8 Å². The molecule has 0 aromatic rings. The number of carbonyl (C=O) groups excluding carboxylic acids is 2. The molecule has 0 aromatic heterocycles. The average Bonchev–Trinajstić information content (AvgIpc) is 3.24. The SMILES string of the molecule is CCCCCCCCCCCCCCCCCCCCCC(=O)OC[C@H](CO[C@H]1O[C@H](CS(=O)(=O)O)[C@@H](O)C(O)C1O)OC(=O)CCCCCCCCCCCCCCCCC. The molecule has 2 unspecified atom stereocenters. The molecule has 0 saturated carbocycles. The van der Waals surface area contributed by atoms with Crippen LogP contribution in [-0.2, 0) is 38.7 Å². The maximum atomic E-state index is 12.8. The maximum absolute atomic E-state index is 12.8. The van der Waals surface area contributed by atoms with Crippen molar-refractivity contribution in [2.24, 2.45) is 0 Å². The van der Waals surface area contributed by atoms with Gasteiger partial charge in [-0.25, -0.2) is 0 Å². The highest BCUT2D eigenvalue weighted by Gasteiger charge is 2.46. The normalized spacial score (nSPS) is 19.7. The van der Waals surface area contributed by atoms with Crippen molar-refractivity contribution in [3.8, 4) is 0 Å². The Kier molecular flexibility index (Phi) is 37.8. The van der Waals surface area contributed by atoms with Crippen molar-refractivity contribution in [1.29, 1.82) is 0 Å². The predicted octanol–water partition coefficient (Wildman–Crippen LogP) is 11.2. The molecule has 0 radical (unpaired) electrons. The van der Waals surface area contributed by atoms with E-state index >= 15 is 0 Å². The monoisotopic (exact) mass is 907 g/mol. The Balaban J connectivity index is 2.35. The highest BCUT2D eigenvalue weighted by molar-refractivity contribution is 7.85. The molecule has 13 heteroatoms. The smallest absolute Gasteiger partial charge is 0.306 e. The number of aliphatic hydroxyl groups is 3. The first-order valence-corrected chi connectivity index (χ1v) is 27.2. The van der Waals surface area contributed by atoms with Gasteiger partial charge in [0.2, 0.25) is 0 Å². The summed E-state index contributed by atoms with van der Waals surface area (Å²) >= 11 is 0. The topological polar surface area (TPSA) is 186 Å². The predicted molar refractivity (Wildman–Crippen MR) is 247 cm³/mol. The van der Waals surface area contributed by atoms with Crippen molar-refractivity contribution in [2.75, 3.05) is 19.0 Å². The number of hydrogen-bond acceptors (Lipinski definition) is 11. The van der Waals surface area contributed by atoms with Crippen molar-refractivity contribution < 1.29 is 56.8 Å². The number of carbonyl (C=O) groups is 2. The second-order valence-corrected chi connectivity index (χ2v) is 19.7. The van der Waals surface area contributed by atoms with Gasteiger partial charge in [0.25, 0.3) is 10.1 Å². The van der Waals surface area contributed by atoms with E-state index in [1.807, 2.05) is 0 Å². The van der Waals surface area contributed by atoms with E-state index in [9.17, 15) is 37.9 Å². The zero-order chi connectivity index (χ0) is 45.5. The molecular weight excluding hydrogens is 813 g/mol. The van der Waals surface area contributed by atoms with Gasteiger partial charge in [-0.2, -0.15) is 8.42 Å². The molecule has 62 heavy (non-hydrogen) atoms. The van der Waals surface area contributed by atoms with Crippen LogP contribution in [0, 0.1) is 0 Å². The van der Waals surface area contributed by atoms with Crippen LogP contribution in [0.1, 0.15) is 245 Å². The Morgan fingerprint density at radius 1 is 0.484 bits per heavy atom. The molecule has 6 atom stereocenters. The van der Waals surface area contributed by atoms with Crippen molar-refractivity contribution in [1.82, 2.24) is 0 Å². The molecule has 1 heterocycles. The summed E-state index contributed by atoms with van der Waals surface area (Å²) in [6, 6.07) is 0. The summed E-state index contributed by atoms with van der Waals surface area (Å²) in [6.07, 6.45) is 32.8. The van der Waals surface area contributed by atoms with Gasteiger partial charge in [0.05, 0.1) is 6.61 Å². The van der Waals surface area contributed by atoms with Crippen molar-refractivity contribution >= 4 is 22.1 Å².